The highest BCUT2D eigenvalue weighted by molar-refractivity contribution is 5.80. The minimum Gasteiger partial charge on any atom is -0.497 e. The third kappa shape index (κ3) is 5.14. The molecule has 0 radical (unpaired) electrons. The van der Waals surface area contributed by atoms with Gasteiger partial charge in [-0.25, -0.2) is 0 Å². The maximum absolute atomic E-state index is 12.8. The Labute approximate surface area is 168 Å². The van der Waals surface area contributed by atoms with E-state index in [0.29, 0.717) is 18.6 Å². The summed E-state index contributed by atoms with van der Waals surface area (Å²) in [5, 5.41) is 0. The van der Waals surface area contributed by atoms with Gasteiger partial charge >= 0.3 is 0 Å². The van der Waals surface area contributed by atoms with Crippen LogP contribution in [0.15, 0.2) is 54.6 Å². The lowest BCUT2D eigenvalue weighted by atomic mass is 9.81. The minimum absolute atomic E-state index is 0.0612. The van der Waals surface area contributed by atoms with Crippen molar-refractivity contribution in [2.24, 2.45) is 0 Å². The summed E-state index contributed by atoms with van der Waals surface area (Å²) in [4.78, 5) is 14.7. The van der Waals surface area contributed by atoms with Crippen molar-refractivity contribution in [2.45, 2.75) is 57.3 Å². The van der Waals surface area contributed by atoms with Crippen LogP contribution in [0.3, 0.4) is 0 Å². The molecule has 2 aromatic carbocycles. The maximum Gasteiger partial charge on any atom is 0.251 e. The van der Waals surface area contributed by atoms with Gasteiger partial charge in [-0.15, -0.1) is 0 Å². The lowest BCUT2D eigenvalue weighted by molar-refractivity contribution is -0.144. The van der Waals surface area contributed by atoms with Crippen LogP contribution in [-0.4, -0.2) is 37.1 Å². The van der Waals surface area contributed by atoms with Crippen LogP contribution in [0.4, 0.5) is 0 Å². The lowest BCUT2D eigenvalue weighted by Crippen LogP contribution is -2.44. The van der Waals surface area contributed by atoms with Crippen LogP contribution >= 0.6 is 0 Å². The number of amides is 1. The number of rotatable bonds is 7. The Morgan fingerprint density at radius 2 is 1.79 bits per heavy atom. The van der Waals surface area contributed by atoms with Crippen molar-refractivity contribution in [1.82, 2.24) is 4.90 Å². The Hall–Kier alpha value is -2.33. The molecule has 4 heteroatoms. The smallest absolute Gasteiger partial charge is 0.251 e. The molecular weight excluding hydrogens is 350 g/mol. The van der Waals surface area contributed by atoms with Gasteiger partial charge in [0.2, 0.25) is 0 Å². The van der Waals surface area contributed by atoms with Crippen LogP contribution in [0.1, 0.15) is 49.7 Å². The van der Waals surface area contributed by atoms with Gasteiger partial charge in [0, 0.05) is 13.1 Å². The summed E-state index contributed by atoms with van der Waals surface area (Å²) in [6.07, 6.45) is 3.90. The van der Waals surface area contributed by atoms with E-state index in [0.717, 1.165) is 37.0 Å². The first-order chi connectivity index (χ1) is 13.6. The average molecular weight is 382 g/mol. The highest BCUT2D eigenvalue weighted by atomic mass is 16.5. The molecule has 0 aliphatic heterocycles. The predicted octanol–water partition coefficient (Wildman–Crippen LogP) is 4.79. The Morgan fingerprint density at radius 1 is 1.07 bits per heavy atom. The third-order valence-corrected chi connectivity index (χ3v) is 5.84. The summed E-state index contributed by atoms with van der Waals surface area (Å²) < 4.78 is 11.1. The van der Waals surface area contributed by atoms with Crippen LogP contribution in [0.25, 0.3) is 0 Å². The normalized spacial score (nSPS) is 20.4. The minimum atomic E-state index is -0.456. The maximum atomic E-state index is 12.8. The van der Waals surface area contributed by atoms with Crippen molar-refractivity contribution in [3.05, 3.63) is 65.7 Å². The summed E-state index contributed by atoms with van der Waals surface area (Å²) in [6, 6.07) is 18.8. The van der Waals surface area contributed by atoms with Gasteiger partial charge < -0.3 is 14.4 Å². The molecule has 0 bridgehead atoms. The van der Waals surface area contributed by atoms with Crippen LogP contribution in [0.5, 0.6) is 5.75 Å². The molecule has 1 atom stereocenters. The van der Waals surface area contributed by atoms with Crippen LogP contribution in [0, 0.1) is 0 Å². The lowest BCUT2D eigenvalue weighted by Gasteiger charge is -2.36. The number of methoxy groups -OCH3 is 1. The van der Waals surface area contributed by atoms with E-state index in [1.807, 2.05) is 43.1 Å². The molecule has 4 nitrogen and oxygen atoms in total. The largest absolute Gasteiger partial charge is 0.497 e. The van der Waals surface area contributed by atoms with Crippen molar-refractivity contribution < 1.29 is 14.3 Å². The number of nitrogens with zero attached hydrogens (tertiary/aromatic N) is 1. The Kier molecular flexibility index (Phi) is 7.10. The number of ether oxygens (including phenoxy) is 2. The molecule has 0 N–H and O–H groups in total. The van der Waals surface area contributed by atoms with Crippen LogP contribution in [-0.2, 0) is 16.1 Å². The number of carbonyl (C=O) groups is 1. The van der Waals surface area contributed by atoms with Gasteiger partial charge in [-0.1, -0.05) is 42.5 Å². The Balaban J connectivity index is 1.48. The molecule has 28 heavy (non-hydrogen) atoms. The summed E-state index contributed by atoms with van der Waals surface area (Å²) in [5.74, 6) is 1.47. The molecule has 1 amide bonds. The molecule has 0 spiro atoms. The summed E-state index contributed by atoms with van der Waals surface area (Å²) in [7, 11) is 3.56. The summed E-state index contributed by atoms with van der Waals surface area (Å²) >= 11 is 0. The van der Waals surface area contributed by atoms with E-state index in [2.05, 4.69) is 30.3 Å². The fourth-order valence-corrected chi connectivity index (χ4v) is 4.04. The highest BCUT2D eigenvalue weighted by Gasteiger charge is 2.29. The fraction of sp³-hybridized carbons (Fsp3) is 0.458. The molecule has 150 valence electrons. The van der Waals surface area contributed by atoms with Crippen molar-refractivity contribution in [3.8, 4) is 5.75 Å². The fourth-order valence-electron chi connectivity index (χ4n) is 4.04. The Bertz CT molecular complexity index is 753. The van der Waals surface area contributed by atoms with Crippen LogP contribution in [0.2, 0.25) is 0 Å². The highest BCUT2D eigenvalue weighted by Crippen LogP contribution is 2.34. The molecule has 1 unspecified atom stereocenters. The number of hydrogen-bond donors (Lipinski definition) is 0. The van der Waals surface area contributed by atoms with E-state index in [-0.39, 0.29) is 5.91 Å². The molecule has 0 saturated heterocycles. The summed E-state index contributed by atoms with van der Waals surface area (Å²) in [6.45, 7) is 2.24. The zero-order chi connectivity index (χ0) is 19.9. The molecule has 1 fully saturated rings. The van der Waals surface area contributed by atoms with E-state index in [1.54, 1.807) is 7.11 Å². The number of carbonyl (C=O) groups excluding carboxylic acids is 1. The van der Waals surface area contributed by atoms with Gasteiger partial charge in [0.1, 0.15) is 11.9 Å². The number of hydrogen-bond acceptors (Lipinski definition) is 3. The third-order valence-electron chi connectivity index (χ3n) is 5.84. The molecule has 1 aliphatic carbocycles. The van der Waals surface area contributed by atoms with Gasteiger partial charge in [-0.3, -0.25) is 4.79 Å². The molecule has 1 aliphatic rings. The van der Waals surface area contributed by atoms with E-state index >= 15 is 0 Å². The van der Waals surface area contributed by atoms with Gasteiger partial charge in [-0.05, 0) is 61.8 Å². The van der Waals surface area contributed by atoms with E-state index in [1.165, 1.54) is 5.56 Å². The Morgan fingerprint density at radius 3 is 2.46 bits per heavy atom. The predicted molar refractivity (Wildman–Crippen MR) is 111 cm³/mol. The standard InChI is InChI=1S/C24H31NO3/c1-18(28-17-19-8-7-11-23(16-19)27-3)24(26)25(2)22-14-12-21(13-15-22)20-9-5-4-6-10-20/h4-11,16,18,21-22H,12-15,17H2,1-3H3. The first-order valence-electron chi connectivity index (χ1n) is 10.1. The first kappa shape index (κ1) is 20.4. The second kappa shape index (κ2) is 9.74. The van der Waals surface area contributed by atoms with Gasteiger partial charge in [0.25, 0.3) is 5.91 Å². The zero-order valence-corrected chi connectivity index (χ0v) is 17.1. The van der Waals surface area contributed by atoms with Crippen molar-refractivity contribution in [2.75, 3.05) is 14.2 Å². The molecular formula is C24H31NO3. The van der Waals surface area contributed by atoms with Crippen molar-refractivity contribution in [3.63, 3.8) is 0 Å². The quantitative estimate of drug-likeness (QED) is 0.692. The zero-order valence-electron chi connectivity index (χ0n) is 17.1. The monoisotopic (exact) mass is 381 g/mol. The van der Waals surface area contributed by atoms with E-state index in [9.17, 15) is 4.79 Å². The second-order valence-corrected chi connectivity index (χ2v) is 7.67. The molecule has 1 saturated carbocycles. The van der Waals surface area contributed by atoms with E-state index < -0.39 is 6.10 Å². The van der Waals surface area contributed by atoms with Gasteiger partial charge in [0.05, 0.1) is 13.7 Å². The summed E-state index contributed by atoms with van der Waals surface area (Å²) in [5.41, 5.74) is 2.43. The second-order valence-electron chi connectivity index (χ2n) is 7.67. The molecule has 0 heterocycles. The van der Waals surface area contributed by atoms with Gasteiger partial charge in [0.15, 0.2) is 0 Å². The van der Waals surface area contributed by atoms with Crippen LogP contribution < -0.4 is 4.74 Å². The first-order valence-corrected chi connectivity index (χ1v) is 10.1. The molecule has 3 rings (SSSR count). The average Bonchev–Trinajstić information content (AvgIpc) is 2.77. The van der Waals surface area contributed by atoms with Crippen molar-refractivity contribution in [1.29, 1.82) is 0 Å². The molecule has 2 aromatic rings. The number of benzene rings is 2. The van der Waals surface area contributed by atoms with Gasteiger partial charge in [-0.2, -0.15) is 0 Å². The SMILES string of the molecule is COc1cccc(COC(C)C(=O)N(C)C2CCC(c3ccccc3)CC2)c1. The van der Waals surface area contributed by atoms with Crippen molar-refractivity contribution >= 4 is 5.91 Å². The number of likely N-dealkylation sites (N-methyl/N-ethyl adjacent to an activating group) is 1. The topological polar surface area (TPSA) is 38.8 Å². The van der Waals surface area contributed by atoms with E-state index in [4.69, 9.17) is 9.47 Å². The molecule has 0 aromatic heterocycles.